The molecule has 0 aliphatic rings. The van der Waals surface area contributed by atoms with Gasteiger partial charge in [0.05, 0.1) is 12.1 Å². The van der Waals surface area contributed by atoms with E-state index in [0.29, 0.717) is 29.5 Å². The Morgan fingerprint density at radius 1 is 1.19 bits per heavy atom. The normalized spacial score (nSPS) is 10.5. The molecule has 0 unspecified atom stereocenters. The highest BCUT2D eigenvalue weighted by atomic mass is 35.5. The average Bonchev–Trinajstić information content (AvgIpc) is 2.70. The van der Waals surface area contributed by atoms with Gasteiger partial charge in [0.25, 0.3) is 5.91 Å². The van der Waals surface area contributed by atoms with Gasteiger partial charge in [-0.15, -0.1) is 0 Å². The lowest BCUT2D eigenvalue weighted by Gasteiger charge is -2.08. The Balaban J connectivity index is 1.83. The first-order chi connectivity index (χ1) is 9.99. The molecular formula is C16H18ClNO3. The van der Waals surface area contributed by atoms with Crippen LogP contribution in [0.15, 0.2) is 28.7 Å². The summed E-state index contributed by atoms with van der Waals surface area (Å²) in [6.07, 6.45) is 0. The number of carbonyl (C=O) groups is 1. The molecule has 1 heterocycles. The van der Waals surface area contributed by atoms with E-state index < -0.39 is 0 Å². The van der Waals surface area contributed by atoms with E-state index >= 15 is 0 Å². The smallest absolute Gasteiger partial charge is 0.255 e. The van der Waals surface area contributed by atoms with Crippen molar-refractivity contribution in [2.45, 2.75) is 20.8 Å². The Labute approximate surface area is 129 Å². The third-order valence-electron chi connectivity index (χ3n) is 3.26. The summed E-state index contributed by atoms with van der Waals surface area (Å²) < 4.78 is 11.0. The van der Waals surface area contributed by atoms with Crippen LogP contribution >= 0.6 is 11.6 Å². The molecule has 1 aromatic heterocycles. The number of halogens is 1. The second kappa shape index (κ2) is 6.68. The fraction of sp³-hybridized carbons (Fsp3) is 0.312. The number of furan rings is 1. The van der Waals surface area contributed by atoms with Crippen molar-refractivity contribution in [3.05, 3.63) is 51.9 Å². The van der Waals surface area contributed by atoms with E-state index in [1.807, 2.05) is 13.8 Å². The molecule has 0 aliphatic heterocycles. The number of rotatable bonds is 5. The van der Waals surface area contributed by atoms with Crippen molar-refractivity contribution in [1.82, 2.24) is 5.32 Å². The molecule has 0 spiro atoms. The largest absolute Gasteiger partial charge is 0.492 e. The Bertz CT molecular complexity index is 632. The van der Waals surface area contributed by atoms with Crippen LogP contribution in [-0.2, 0) is 0 Å². The zero-order chi connectivity index (χ0) is 15.4. The lowest BCUT2D eigenvalue weighted by Crippen LogP contribution is -2.28. The first-order valence-corrected chi connectivity index (χ1v) is 7.10. The van der Waals surface area contributed by atoms with E-state index in [9.17, 15) is 4.79 Å². The van der Waals surface area contributed by atoms with Crippen molar-refractivity contribution in [3.63, 3.8) is 0 Å². The minimum absolute atomic E-state index is 0.137. The molecule has 112 valence electrons. The Kier molecular flexibility index (Phi) is 4.91. The summed E-state index contributed by atoms with van der Waals surface area (Å²) >= 11 is 5.79. The maximum Gasteiger partial charge on any atom is 0.255 e. The lowest BCUT2D eigenvalue weighted by atomic mass is 10.1. The molecule has 21 heavy (non-hydrogen) atoms. The summed E-state index contributed by atoms with van der Waals surface area (Å²) in [7, 11) is 0. The molecule has 1 aromatic carbocycles. The second-order valence-electron chi connectivity index (χ2n) is 4.77. The summed E-state index contributed by atoms with van der Waals surface area (Å²) in [6, 6.07) is 7.10. The van der Waals surface area contributed by atoms with Gasteiger partial charge in [0.2, 0.25) is 0 Å². The molecule has 0 saturated carbocycles. The van der Waals surface area contributed by atoms with Crippen LogP contribution < -0.4 is 10.1 Å². The summed E-state index contributed by atoms with van der Waals surface area (Å²) in [4.78, 5) is 12.1. The molecule has 2 aromatic rings. The molecule has 5 heteroatoms. The van der Waals surface area contributed by atoms with Gasteiger partial charge in [-0.1, -0.05) is 11.6 Å². The van der Waals surface area contributed by atoms with E-state index in [0.717, 1.165) is 17.1 Å². The number of aryl methyl sites for hydroxylation is 2. The fourth-order valence-electron chi connectivity index (χ4n) is 2.08. The second-order valence-corrected chi connectivity index (χ2v) is 5.21. The van der Waals surface area contributed by atoms with Crippen LogP contribution in [0, 0.1) is 20.8 Å². The number of ether oxygens (including phenoxy) is 1. The number of hydrogen-bond donors (Lipinski definition) is 1. The van der Waals surface area contributed by atoms with E-state index in [2.05, 4.69) is 5.32 Å². The minimum atomic E-state index is -0.137. The van der Waals surface area contributed by atoms with E-state index in [1.54, 1.807) is 31.2 Å². The molecule has 2 rings (SSSR count). The van der Waals surface area contributed by atoms with Gasteiger partial charge in [-0.2, -0.15) is 0 Å². The third-order valence-corrected chi connectivity index (χ3v) is 3.51. The summed E-state index contributed by atoms with van der Waals surface area (Å²) in [5.41, 5.74) is 1.49. The summed E-state index contributed by atoms with van der Waals surface area (Å²) in [6.45, 7) is 6.33. The molecule has 0 fully saturated rings. The van der Waals surface area contributed by atoms with Crippen molar-refractivity contribution in [2.75, 3.05) is 13.2 Å². The Morgan fingerprint density at radius 3 is 2.43 bits per heavy atom. The monoisotopic (exact) mass is 307 g/mol. The third kappa shape index (κ3) is 3.79. The molecule has 0 bridgehead atoms. The SMILES string of the molecule is Cc1oc(C)c(C(=O)NCCOc2ccc(Cl)cc2)c1C. The van der Waals surface area contributed by atoms with Crippen molar-refractivity contribution < 1.29 is 13.9 Å². The van der Waals surface area contributed by atoms with Gasteiger partial charge in [-0.25, -0.2) is 0 Å². The Hall–Kier alpha value is -1.94. The maximum absolute atomic E-state index is 12.1. The average molecular weight is 308 g/mol. The number of benzene rings is 1. The highest BCUT2D eigenvalue weighted by molar-refractivity contribution is 6.30. The van der Waals surface area contributed by atoms with Crippen molar-refractivity contribution in [1.29, 1.82) is 0 Å². The van der Waals surface area contributed by atoms with E-state index in [4.69, 9.17) is 20.8 Å². The van der Waals surface area contributed by atoms with Gasteiger partial charge in [0, 0.05) is 10.6 Å². The van der Waals surface area contributed by atoms with E-state index in [1.165, 1.54) is 0 Å². The molecule has 0 atom stereocenters. The predicted molar refractivity (Wildman–Crippen MR) is 82.2 cm³/mol. The molecule has 1 amide bonds. The van der Waals surface area contributed by atoms with Crippen LogP contribution in [0.2, 0.25) is 5.02 Å². The summed E-state index contributed by atoms with van der Waals surface area (Å²) in [5, 5.41) is 3.49. The van der Waals surface area contributed by atoms with Gasteiger partial charge >= 0.3 is 0 Å². The fourth-order valence-corrected chi connectivity index (χ4v) is 2.21. The van der Waals surface area contributed by atoms with Crippen LogP contribution in [0.3, 0.4) is 0 Å². The molecule has 0 saturated heterocycles. The topological polar surface area (TPSA) is 51.5 Å². The minimum Gasteiger partial charge on any atom is -0.492 e. The van der Waals surface area contributed by atoms with Crippen LogP contribution in [-0.4, -0.2) is 19.1 Å². The van der Waals surface area contributed by atoms with Crippen molar-refractivity contribution in [2.24, 2.45) is 0 Å². The van der Waals surface area contributed by atoms with Gasteiger partial charge < -0.3 is 14.5 Å². The van der Waals surface area contributed by atoms with Crippen LogP contribution in [0.4, 0.5) is 0 Å². The predicted octanol–water partition coefficient (Wildman–Crippen LogP) is 3.67. The number of carbonyl (C=O) groups excluding carboxylic acids is 1. The zero-order valence-electron chi connectivity index (χ0n) is 12.3. The number of nitrogens with one attached hydrogen (secondary N) is 1. The summed E-state index contributed by atoms with van der Waals surface area (Å²) in [5.74, 6) is 2.00. The number of amides is 1. The molecular weight excluding hydrogens is 290 g/mol. The highest BCUT2D eigenvalue weighted by Gasteiger charge is 2.17. The van der Waals surface area contributed by atoms with Crippen molar-refractivity contribution in [3.8, 4) is 5.75 Å². The van der Waals surface area contributed by atoms with Gasteiger partial charge in [0.15, 0.2) is 0 Å². The number of hydrogen-bond acceptors (Lipinski definition) is 3. The standard InChI is InChI=1S/C16H18ClNO3/c1-10-11(2)21-12(3)15(10)16(19)18-8-9-20-14-6-4-13(17)5-7-14/h4-7H,8-9H2,1-3H3,(H,18,19). The molecule has 0 radical (unpaired) electrons. The maximum atomic E-state index is 12.1. The van der Waals surface area contributed by atoms with Crippen LogP contribution in [0.25, 0.3) is 0 Å². The Morgan fingerprint density at radius 2 is 1.86 bits per heavy atom. The van der Waals surface area contributed by atoms with Gasteiger partial charge in [-0.3, -0.25) is 4.79 Å². The van der Waals surface area contributed by atoms with Crippen LogP contribution in [0.5, 0.6) is 5.75 Å². The van der Waals surface area contributed by atoms with Crippen LogP contribution in [0.1, 0.15) is 27.4 Å². The van der Waals surface area contributed by atoms with Gasteiger partial charge in [-0.05, 0) is 45.0 Å². The molecule has 4 nitrogen and oxygen atoms in total. The first-order valence-electron chi connectivity index (χ1n) is 6.72. The van der Waals surface area contributed by atoms with E-state index in [-0.39, 0.29) is 5.91 Å². The van der Waals surface area contributed by atoms with Crippen molar-refractivity contribution >= 4 is 17.5 Å². The molecule has 0 aliphatic carbocycles. The van der Waals surface area contributed by atoms with Gasteiger partial charge in [0.1, 0.15) is 23.9 Å². The first kappa shape index (κ1) is 15.4. The zero-order valence-corrected chi connectivity index (χ0v) is 13.1. The molecule has 1 N–H and O–H groups in total. The lowest BCUT2D eigenvalue weighted by molar-refractivity contribution is 0.0945. The highest BCUT2D eigenvalue weighted by Crippen LogP contribution is 2.20. The quantitative estimate of drug-likeness (QED) is 0.858.